The number of aryl methyl sites for hydroxylation is 1. The second-order valence-electron chi connectivity index (χ2n) is 4.92. The molecule has 0 heterocycles. The van der Waals surface area contributed by atoms with Crippen LogP contribution in [-0.4, -0.2) is 21.1 Å². The number of alkyl halides is 3. The molecule has 0 atom stereocenters. The van der Waals surface area contributed by atoms with Crippen molar-refractivity contribution in [3.05, 3.63) is 23.3 Å². The van der Waals surface area contributed by atoms with Gasteiger partial charge in [-0.15, -0.1) is 0 Å². The lowest BCUT2D eigenvalue weighted by atomic mass is 10.1. The molecule has 4 nitrogen and oxygen atoms in total. The Labute approximate surface area is 122 Å². The molecule has 0 bridgehead atoms. The highest BCUT2D eigenvalue weighted by atomic mass is 32.2. The molecule has 0 saturated carbocycles. The molecule has 3 N–H and O–H groups in total. The lowest BCUT2D eigenvalue weighted by Gasteiger charge is -2.11. The zero-order valence-electron chi connectivity index (χ0n) is 11.9. The van der Waals surface area contributed by atoms with Gasteiger partial charge in [0.15, 0.2) is 0 Å². The maximum absolute atomic E-state index is 12.0. The summed E-state index contributed by atoms with van der Waals surface area (Å²) in [6, 6.07) is 2.84. The Kier molecular flexibility index (Phi) is 5.63. The topological polar surface area (TPSA) is 72.2 Å². The molecule has 120 valence electrons. The Hall–Kier alpha value is -1.28. The zero-order chi connectivity index (χ0) is 16.3. The summed E-state index contributed by atoms with van der Waals surface area (Å²) in [7, 11) is -3.75. The molecule has 0 amide bonds. The SMILES string of the molecule is Cc1cc(S(=O)(=O)NCCCCC(F)(F)F)cc(N)c1C. The average molecular weight is 324 g/mol. The Bertz CT molecular complexity index is 575. The summed E-state index contributed by atoms with van der Waals surface area (Å²) < 4.78 is 62.2. The maximum atomic E-state index is 12.0. The van der Waals surface area contributed by atoms with Gasteiger partial charge in [-0.25, -0.2) is 13.1 Å². The van der Waals surface area contributed by atoms with Gasteiger partial charge in [-0.1, -0.05) is 0 Å². The summed E-state index contributed by atoms with van der Waals surface area (Å²) in [6.07, 6.45) is -5.10. The molecule has 0 saturated heterocycles. The van der Waals surface area contributed by atoms with E-state index >= 15 is 0 Å². The van der Waals surface area contributed by atoms with Crippen molar-refractivity contribution in [3.63, 3.8) is 0 Å². The van der Waals surface area contributed by atoms with Crippen LogP contribution in [0.5, 0.6) is 0 Å². The number of hydrogen-bond acceptors (Lipinski definition) is 3. The van der Waals surface area contributed by atoms with Gasteiger partial charge in [-0.2, -0.15) is 13.2 Å². The predicted molar refractivity (Wildman–Crippen MR) is 75.4 cm³/mol. The number of halogens is 3. The van der Waals surface area contributed by atoms with Crippen LogP contribution in [0.1, 0.15) is 30.4 Å². The van der Waals surface area contributed by atoms with Crippen LogP contribution in [0.3, 0.4) is 0 Å². The van der Waals surface area contributed by atoms with Gasteiger partial charge < -0.3 is 5.73 Å². The molecular formula is C13H19F3N2O2S. The van der Waals surface area contributed by atoms with E-state index in [2.05, 4.69) is 4.72 Å². The summed E-state index contributed by atoms with van der Waals surface area (Å²) in [5.41, 5.74) is 7.64. The van der Waals surface area contributed by atoms with Crippen LogP contribution in [0.4, 0.5) is 18.9 Å². The van der Waals surface area contributed by atoms with Gasteiger partial charge in [0.05, 0.1) is 4.90 Å². The zero-order valence-corrected chi connectivity index (χ0v) is 12.7. The minimum absolute atomic E-state index is 0.0268. The van der Waals surface area contributed by atoms with E-state index in [-0.39, 0.29) is 24.3 Å². The van der Waals surface area contributed by atoms with Crippen molar-refractivity contribution in [1.82, 2.24) is 4.72 Å². The van der Waals surface area contributed by atoms with E-state index in [1.165, 1.54) is 12.1 Å². The number of hydrogen-bond donors (Lipinski definition) is 2. The van der Waals surface area contributed by atoms with E-state index in [0.29, 0.717) is 5.69 Å². The standard InChI is InChI=1S/C13H19F3N2O2S/c1-9-7-11(8-12(17)10(9)2)21(19,20)18-6-4-3-5-13(14,15)16/h7-8,18H,3-6,17H2,1-2H3. The number of nitrogens with two attached hydrogens (primary N) is 1. The van der Waals surface area contributed by atoms with Gasteiger partial charge in [0.1, 0.15) is 0 Å². The van der Waals surface area contributed by atoms with Crippen LogP contribution in [0.15, 0.2) is 17.0 Å². The summed E-state index contributed by atoms with van der Waals surface area (Å²) >= 11 is 0. The lowest BCUT2D eigenvalue weighted by molar-refractivity contribution is -0.135. The molecule has 0 aromatic heterocycles. The van der Waals surface area contributed by atoms with Crippen molar-refractivity contribution in [2.24, 2.45) is 0 Å². The van der Waals surface area contributed by atoms with Gasteiger partial charge in [0, 0.05) is 18.7 Å². The number of nitrogen functional groups attached to an aromatic ring is 1. The fraction of sp³-hybridized carbons (Fsp3) is 0.538. The number of unbranched alkanes of at least 4 members (excludes halogenated alkanes) is 1. The van der Waals surface area contributed by atoms with E-state index in [1.807, 2.05) is 0 Å². The fourth-order valence-corrected chi connectivity index (χ4v) is 2.94. The molecular weight excluding hydrogens is 305 g/mol. The van der Waals surface area contributed by atoms with E-state index in [9.17, 15) is 21.6 Å². The predicted octanol–water partition coefficient (Wildman–Crippen LogP) is 2.90. The third-order valence-corrected chi connectivity index (χ3v) is 4.61. The Morgan fingerprint density at radius 3 is 2.33 bits per heavy atom. The van der Waals surface area contributed by atoms with Gasteiger partial charge >= 0.3 is 6.18 Å². The molecule has 0 radical (unpaired) electrons. The minimum Gasteiger partial charge on any atom is -0.398 e. The van der Waals surface area contributed by atoms with Crippen LogP contribution in [0, 0.1) is 13.8 Å². The van der Waals surface area contributed by atoms with Gasteiger partial charge in [-0.3, -0.25) is 0 Å². The highest BCUT2D eigenvalue weighted by Gasteiger charge is 2.26. The van der Waals surface area contributed by atoms with Gasteiger partial charge in [0.2, 0.25) is 10.0 Å². The highest BCUT2D eigenvalue weighted by molar-refractivity contribution is 7.89. The van der Waals surface area contributed by atoms with Gasteiger partial charge in [0.25, 0.3) is 0 Å². The second-order valence-corrected chi connectivity index (χ2v) is 6.69. The molecule has 1 aromatic rings. The maximum Gasteiger partial charge on any atom is 0.389 e. The number of benzene rings is 1. The molecule has 1 rings (SSSR count). The first-order valence-corrected chi connectivity index (χ1v) is 7.94. The second kappa shape index (κ2) is 6.65. The van der Waals surface area contributed by atoms with Crippen LogP contribution in [0.25, 0.3) is 0 Å². The van der Waals surface area contributed by atoms with Crippen molar-refractivity contribution in [2.45, 2.75) is 44.2 Å². The minimum atomic E-state index is -4.21. The van der Waals surface area contributed by atoms with Crippen molar-refractivity contribution < 1.29 is 21.6 Å². The Balaban J connectivity index is 2.62. The number of nitrogens with one attached hydrogen (secondary N) is 1. The average Bonchev–Trinajstić information content (AvgIpc) is 2.33. The summed E-state index contributed by atoms with van der Waals surface area (Å²) in [5, 5.41) is 0. The summed E-state index contributed by atoms with van der Waals surface area (Å²) in [5.74, 6) is 0. The molecule has 1 aromatic carbocycles. The van der Waals surface area contributed by atoms with Crippen LogP contribution < -0.4 is 10.5 Å². The summed E-state index contributed by atoms with van der Waals surface area (Å²) in [6.45, 7) is 3.49. The summed E-state index contributed by atoms with van der Waals surface area (Å²) in [4.78, 5) is 0.0268. The third kappa shape index (κ3) is 5.55. The number of sulfonamides is 1. The first-order chi connectivity index (χ1) is 9.53. The van der Waals surface area contributed by atoms with Crippen LogP contribution >= 0.6 is 0 Å². The fourth-order valence-electron chi connectivity index (χ4n) is 1.75. The Morgan fingerprint density at radius 1 is 1.19 bits per heavy atom. The lowest BCUT2D eigenvalue weighted by Crippen LogP contribution is -2.25. The van der Waals surface area contributed by atoms with Gasteiger partial charge in [-0.05, 0) is 49.9 Å². The van der Waals surface area contributed by atoms with E-state index in [0.717, 1.165) is 11.1 Å². The quantitative estimate of drug-likeness (QED) is 0.624. The number of anilines is 1. The molecule has 8 heteroatoms. The van der Waals surface area contributed by atoms with Crippen molar-refractivity contribution in [3.8, 4) is 0 Å². The van der Waals surface area contributed by atoms with E-state index in [4.69, 9.17) is 5.73 Å². The van der Waals surface area contributed by atoms with Crippen LogP contribution in [-0.2, 0) is 10.0 Å². The van der Waals surface area contributed by atoms with E-state index in [1.54, 1.807) is 13.8 Å². The Morgan fingerprint density at radius 2 is 1.81 bits per heavy atom. The first kappa shape index (κ1) is 17.8. The van der Waals surface area contributed by atoms with Crippen molar-refractivity contribution in [2.75, 3.05) is 12.3 Å². The van der Waals surface area contributed by atoms with Crippen molar-refractivity contribution >= 4 is 15.7 Å². The monoisotopic (exact) mass is 324 g/mol. The van der Waals surface area contributed by atoms with E-state index < -0.39 is 22.6 Å². The smallest absolute Gasteiger partial charge is 0.389 e. The molecule has 0 unspecified atom stereocenters. The molecule has 0 aliphatic carbocycles. The molecule has 21 heavy (non-hydrogen) atoms. The van der Waals surface area contributed by atoms with Crippen LogP contribution in [0.2, 0.25) is 0 Å². The molecule has 0 spiro atoms. The third-order valence-electron chi connectivity index (χ3n) is 3.17. The van der Waals surface area contributed by atoms with Crippen molar-refractivity contribution in [1.29, 1.82) is 0 Å². The normalized spacial score (nSPS) is 12.6. The highest BCUT2D eigenvalue weighted by Crippen LogP contribution is 2.23. The first-order valence-electron chi connectivity index (χ1n) is 6.46. The largest absolute Gasteiger partial charge is 0.398 e. The molecule has 0 fully saturated rings. The molecule has 0 aliphatic heterocycles. The number of rotatable bonds is 6. The molecule has 0 aliphatic rings.